The molecule has 4 aromatic rings. The average molecular weight is 455 g/mol. The third-order valence-electron chi connectivity index (χ3n) is 5.67. The molecule has 4 rings (SSSR count). The zero-order valence-corrected chi connectivity index (χ0v) is 19.1. The molecule has 3 N–H and O–H groups in total. The number of rotatable bonds is 11. The number of hydrogen-bond donors (Lipinski definition) is 3. The number of carbonyl (C=O) groups excluding carboxylic acids is 1. The lowest BCUT2D eigenvalue weighted by molar-refractivity contribution is -0.115. The largest absolute Gasteiger partial charge is 0.387 e. The van der Waals surface area contributed by atoms with Crippen LogP contribution in [0, 0.1) is 0 Å². The molecule has 0 saturated carbocycles. The second kappa shape index (κ2) is 11.9. The summed E-state index contributed by atoms with van der Waals surface area (Å²) in [5, 5.41) is 16.5. The summed E-state index contributed by atoms with van der Waals surface area (Å²) >= 11 is 0. The molecular formula is C28H30N4O2. The number of aromatic nitrogens is 2. The van der Waals surface area contributed by atoms with Crippen molar-refractivity contribution in [3.8, 4) is 0 Å². The molecule has 6 heteroatoms. The van der Waals surface area contributed by atoms with Gasteiger partial charge >= 0.3 is 0 Å². The highest BCUT2D eigenvalue weighted by Crippen LogP contribution is 2.13. The Morgan fingerprint density at radius 3 is 2.35 bits per heavy atom. The van der Waals surface area contributed by atoms with Gasteiger partial charge in [0.15, 0.2) is 0 Å². The molecule has 0 bridgehead atoms. The van der Waals surface area contributed by atoms with Gasteiger partial charge in [-0.3, -0.25) is 4.79 Å². The molecule has 0 fully saturated rings. The molecule has 0 saturated heterocycles. The Labute approximate surface area is 200 Å². The van der Waals surface area contributed by atoms with Gasteiger partial charge in [-0.15, -0.1) is 0 Å². The van der Waals surface area contributed by atoms with E-state index in [2.05, 4.69) is 27.8 Å². The van der Waals surface area contributed by atoms with E-state index in [0.717, 1.165) is 35.6 Å². The van der Waals surface area contributed by atoms with Crippen LogP contribution in [0.25, 0.3) is 0 Å². The molecule has 0 unspecified atom stereocenters. The van der Waals surface area contributed by atoms with E-state index in [1.807, 2.05) is 83.6 Å². The zero-order chi connectivity index (χ0) is 23.6. The Kier molecular flexibility index (Phi) is 8.22. The number of aliphatic hydroxyl groups is 1. The van der Waals surface area contributed by atoms with E-state index in [1.54, 1.807) is 6.20 Å². The highest BCUT2D eigenvalue weighted by Gasteiger charge is 2.10. The molecule has 3 aromatic carbocycles. The number of nitrogens with zero attached hydrogens (tertiary/aromatic N) is 2. The second-order valence-electron chi connectivity index (χ2n) is 8.26. The van der Waals surface area contributed by atoms with Crippen LogP contribution >= 0.6 is 0 Å². The van der Waals surface area contributed by atoms with Crippen molar-refractivity contribution in [1.29, 1.82) is 0 Å². The summed E-state index contributed by atoms with van der Waals surface area (Å²) in [5.41, 5.74) is 4.01. The van der Waals surface area contributed by atoms with Crippen molar-refractivity contribution >= 4 is 11.6 Å². The quantitative estimate of drug-likeness (QED) is 0.300. The highest BCUT2D eigenvalue weighted by molar-refractivity contribution is 5.91. The molecule has 6 nitrogen and oxygen atoms in total. The van der Waals surface area contributed by atoms with E-state index < -0.39 is 6.10 Å². The Bertz CT molecular complexity index is 1160. The van der Waals surface area contributed by atoms with Crippen molar-refractivity contribution in [3.05, 3.63) is 120 Å². The minimum absolute atomic E-state index is 0.0928. The van der Waals surface area contributed by atoms with E-state index >= 15 is 0 Å². The molecule has 174 valence electrons. The standard InChI is InChI=1S/C28H30N4O2/c33-26(24-9-5-2-6-10-24)20-29-16-15-22-11-13-25(14-12-22)31-28(34)19-27-30-17-18-32(27)21-23-7-3-1-4-8-23/h1-14,17-18,26,29,33H,15-16,19-21H2,(H,31,34)/t26-/m0/s1. The molecule has 0 aliphatic rings. The minimum Gasteiger partial charge on any atom is -0.387 e. The first-order valence-electron chi connectivity index (χ1n) is 11.5. The number of anilines is 1. The van der Waals surface area contributed by atoms with Crippen molar-refractivity contribution in [1.82, 2.24) is 14.9 Å². The van der Waals surface area contributed by atoms with Gasteiger partial charge in [-0.1, -0.05) is 72.8 Å². The number of amides is 1. The topological polar surface area (TPSA) is 79.2 Å². The number of carbonyl (C=O) groups is 1. The van der Waals surface area contributed by atoms with Gasteiger partial charge in [0.05, 0.1) is 12.5 Å². The van der Waals surface area contributed by atoms with Gasteiger partial charge in [0.2, 0.25) is 5.91 Å². The van der Waals surface area contributed by atoms with E-state index in [-0.39, 0.29) is 12.3 Å². The number of nitrogens with one attached hydrogen (secondary N) is 2. The molecule has 0 spiro atoms. The summed E-state index contributed by atoms with van der Waals surface area (Å²) in [5.74, 6) is 0.645. The fraction of sp³-hybridized carbons (Fsp3) is 0.214. The Morgan fingerprint density at radius 2 is 1.62 bits per heavy atom. The van der Waals surface area contributed by atoms with Crippen molar-refractivity contribution < 1.29 is 9.90 Å². The van der Waals surface area contributed by atoms with Crippen LogP contribution in [0.2, 0.25) is 0 Å². The molecule has 0 aliphatic heterocycles. The van der Waals surface area contributed by atoms with Crippen molar-refractivity contribution in [2.45, 2.75) is 25.5 Å². The second-order valence-corrected chi connectivity index (χ2v) is 8.26. The van der Waals surface area contributed by atoms with Gasteiger partial charge in [0.1, 0.15) is 5.82 Å². The van der Waals surface area contributed by atoms with Crippen LogP contribution < -0.4 is 10.6 Å². The predicted octanol–water partition coefficient (Wildman–Crippen LogP) is 3.98. The van der Waals surface area contributed by atoms with E-state index in [1.165, 1.54) is 5.56 Å². The third kappa shape index (κ3) is 6.88. The average Bonchev–Trinajstić information content (AvgIpc) is 3.30. The maximum atomic E-state index is 12.6. The molecule has 0 aliphatic carbocycles. The van der Waals surface area contributed by atoms with Crippen molar-refractivity contribution in [3.63, 3.8) is 0 Å². The molecular weight excluding hydrogens is 424 g/mol. The lowest BCUT2D eigenvalue weighted by Gasteiger charge is -2.12. The van der Waals surface area contributed by atoms with Crippen LogP contribution in [0.15, 0.2) is 97.3 Å². The predicted molar refractivity (Wildman–Crippen MR) is 135 cm³/mol. The van der Waals surface area contributed by atoms with Crippen molar-refractivity contribution in [2.24, 2.45) is 0 Å². The van der Waals surface area contributed by atoms with Gasteiger partial charge in [0.25, 0.3) is 0 Å². The maximum absolute atomic E-state index is 12.6. The van der Waals surface area contributed by atoms with E-state index in [0.29, 0.717) is 13.1 Å². The molecule has 1 amide bonds. The van der Waals surface area contributed by atoms with E-state index in [4.69, 9.17) is 0 Å². The van der Waals surface area contributed by atoms with Gasteiger partial charge in [-0.05, 0) is 41.8 Å². The van der Waals surface area contributed by atoms with Crippen LogP contribution in [0.5, 0.6) is 0 Å². The molecule has 34 heavy (non-hydrogen) atoms. The summed E-state index contributed by atoms with van der Waals surface area (Å²) in [6.45, 7) is 1.96. The first-order chi connectivity index (χ1) is 16.7. The maximum Gasteiger partial charge on any atom is 0.231 e. The fourth-order valence-corrected chi connectivity index (χ4v) is 3.80. The smallest absolute Gasteiger partial charge is 0.231 e. The normalized spacial score (nSPS) is 11.8. The summed E-state index contributed by atoms with van der Waals surface area (Å²) in [4.78, 5) is 16.9. The number of aliphatic hydroxyl groups excluding tert-OH is 1. The summed E-state index contributed by atoms with van der Waals surface area (Å²) in [6, 6.07) is 27.6. The fourth-order valence-electron chi connectivity index (χ4n) is 3.80. The van der Waals surface area contributed by atoms with Crippen LogP contribution in [0.3, 0.4) is 0 Å². The van der Waals surface area contributed by atoms with Crippen LogP contribution in [0.4, 0.5) is 5.69 Å². The number of imidazole rings is 1. The monoisotopic (exact) mass is 454 g/mol. The van der Waals surface area contributed by atoms with Crippen LogP contribution in [-0.2, 0) is 24.2 Å². The molecule has 1 aromatic heterocycles. The lowest BCUT2D eigenvalue weighted by atomic mass is 10.1. The Balaban J connectivity index is 1.21. The summed E-state index contributed by atoms with van der Waals surface area (Å²) in [6.07, 6.45) is 4.17. The minimum atomic E-state index is -0.512. The lowest BCUT2D eigenvalue weighted by Crippen LogP contribution is -2.23. The van der Waals surface area contributed by atoms with Crippen LogP contribution in [0.1, 0.15) is 28.6 Å². The molecule has 1 atom stereocenters. The number of benzene rings is 3. The van der Waals surface area contributed by atoms with Gasteiger partial charge in [-0.2, -0.15) is 0 Å². The summed E-state index contributed by atoms with van der Waals surface area (Å²) in [7, 11) is 0. The van der Waals surface area contributed by atoms with Crippen LogP contribution in [-0.4, -0.2) is 33.7 Å². The van der Waals surface area contributed by atoms with E-state index in [9.17, 15) is 9.90 Å². The van der Waals surface area contributed by atoms with Gasteiger partial charge in [0, 0.05) is 31.2 Å². The first kappa shape index (κ1) is 23.4. The Morgan fingerprint density at radius 1 is 0.912 bits per heavy atom. The summed E-state index contributed by atoms with van der Waals surface area (Å²) < 4.78 is 2.00. The molecule has 1 heterocycles. The number of hydrogen-bond acceptors (Lipinski definition) is 4. The van der Waals surface area contributed by atoms with Gasteiger partial charge in [-0.25, -0.2) is 4.98 Å². The highest BCUT2D eigenvalue weighted by atomic mass is 16.3. The van der Waals surface area contributed by atoms with Crippen molar-refractivity contribution in [2.75, 3.05) is 18.4 Å². The van der Waals surface area contributed by atoms with Gasteiger partial charge < -0.3 is 20.3 Å². The first-order valence-corrected chi connectivity index (χ1v) is 11.5. The Hall–Kier alpha value is -3.74. The zero-order valence-electron chi connectivity index (χ0n) is 19.1. The SMILES string of the molecule is O=C(Cc1nccn1Cc1ccccc1)Nc1ccc(CCNC[C@H](O)c2ccccc2)cc1. The molecule has 0 radical (unpaired) electrons. The third-order valence-corrected chi connectivity index (χ3v) is 5.67.